The lowest BCUT2D eigenvalue weighted by Gasteiger charge is -2.20. The quantitative estimate of drug-likeness (QED) is 0.0839. The number of unbranched alkanes of at least 4 members (excludes halogenated alkanes) is 16. The molecule has 0 spiro atoms. The van der Waals surface area contributed by atoms with Crippen molar-refractivity contribution in [3.8, 4) is 11.5 Å². The molecule has 0 aromatic heterocycles. The van der Waals surface area contributed by atoms with Gasteiger partial charge in [-0.2, -0.15) is 0 Å². The summed E-state index contributed by atoms with van der Waals surface area (Å²) in [5, 5.41) is 19.5. The summed E-state index contributed by atoms with van der Waals surface area (Å²) in [4.78, 5) is 13.2. The van der Waals surface area contributed by atoms with Gasteiger partial charge in [-0.15, -0.1) is 0 Å². The van der Waals surface area contributed by atoms with Gasteiger partial charge in [0.05, 0.1) is 13.0 Å². The maximum absolute atomic E-state index is 13.2. The largest absolute Gasteiger partial charge is 0.508 e. The van der Waals surface area contributed by atoms with Gasteiger partial charge in [0.2, 0.25) is 0 Å². The zero-order valence-corrected chi connectivity index (χ0v) is 27.5. The van der Waals surface area contributed by atoms with Gasteiger partial charge in [-0.05, 0) is 54.2 Å². The van der Waals surface area contributed by atoms with Crippen LogP contribution in [0.1, 0.15) is 166 Å². The second-order valence-electron chi connectivity index (χ2n) is 12.7. The number of hydrogen-bond donors (Lipinski definition) is 2. The van der Waals surface area contributed by atoms with E-state index in [1.807, 2.05) is 24.3 Å². The van der Waals surface area contributed by atoms with E-state index in [2.05, 4.69) is 13.8 Å². The zero-order valence-electron chi connectivity index (χ0n) is 27.5. The number of carbonyl (C=O) groups excluding carboxylic acids is 1. The summed E-state index contributed by atoms with van der Waals surface area (Å²) >= 11 is 0. The molecule has 0 aliphatic heterocycles. The first-order chi connectivity index (χ1) is 21.0. The second-order valence-corrected chi connectivity index (χ2v) is 12.7. The van der Waals surface area contributed by atoms with Gasteiger partial charge < -0.3 is 14.9 Å². The van der Waals surface area contributed by atoms with Crippen molar-refractivity contribution >= 4 is 5.97 Å². The molecule has 4 nitrogen and oxygen atoms in total. The average Bonchev–Trinajstić information content (AvgIpc) is 3.01. The number of benzene rings is 2. The molecule has 2 aromatic rings. The summed E-state index contributed by atoms with van der Waals surface area (Å²) in [7, 11) is 0. The number of rotatable bonds is 26. The van der Waals surface area contributed by atoms with Crippen LogP contribution in [0.5, 0.6) is 11.5 Å². The van der Waals surface area contributed by atoms with Crippen molar-refractivity contribution in [3.05, 3.63) is 59.7 Å². The smallest absolute Gasteiger partial charge is 0.306 e. The molecule has 0 saturated carbocycles. The molecule has 1 atom stereocenters. The van der Waals surface area contributed by atoms with Gasteiger partial charge in [0.15, 0.2) is 0 Å². The lowest BCUT2D eigenvalue weighted by Crippen LogP contribution is -2.17. The van der Waals surface area contributed by atoms with E-state index in [-0.39, 0.29) is 29.8 Å². The normalized spacial score (nSPS) is 12.1. The fourth-order valence-corrected chi connectivity index (χ4v) is 6.08. The van der Waals surface area contributed by atoms with Crippen LogP contribution in [0.4, 0.5) is 0 Å². The van der Waals surface area contributed by atoms with Crippen LogP contribution in [0.3, 0.4) is 0 Å². The number of phenolic OH excluding ortho intramolecular Hbond substituents is 2. The van der Waals surface area contributed by atoms with Crippen LogP contribution in [0, 0.1) is 5.92 Å². The molecule has 2 rings (SSSR count). The molecule has 0 saturated heterocycles. The lowest BCUT2D eigenvalue weighted by molar-refractivity contribution is -0.145. The van der Waals surface area contributed by atoms with Gasteiger partial charge in [-0.3, -0.25) is 4.79 Å². The Bertz CT molecular complexity index is 891. The standard InChI is InChI=1S/C39H62O4/c1-3-5-7-9-11-13-14-16-18-20-22-33(21-19-17-15-12-10-8-6-4-2)32-43-39(42)31-38(34-23-27-36(40)28-24-34)35-25-29-37(41)30-26-35/h23-30,33,38,40-41H,3-22,31-32H2,1-2H3. The van der Waals surface area contributed by atoms with Crippen molar-refractivity contribution in [2.45, 2.75) is 155 Å². The van der Waals surface area contributed by atoms with Gasteiger partial charge in [0, 0.05) is 5.92 Å². The molecule has 0 heterocycles. The Morgan fingerprint density at radius 2 is 0.907 bits per heavy atom. The molecule has 43 heavy (non-hydrogen) atoms. The fraction of sp³-hybridized carbons (Fsp3) is 0.667. The highest BCUT2D eigenvalue weighted by molar-refractivity contribution is 5.71. The van der Waals surface area contributed by atoms with E-state index in [0.717, 1.165) is 24.0 Å². The molecule has 1 unspecified atom stereocenters. The Morgan fingerprint density at radius 3 is 1.28 bits per heavy atom. The highest BCUT2D eigenvalue weighted by Crippen LogP contribution is 2.31. The summed E-state index contributed by atoms with van der Waals surface area (Å²) in [6.07, 6.45) is 26.4. The van der Waals surface area contributed by atoms with Crippen LogP contribution in [0.15, 0.2) is 48.5 Å². The van der Waals surface area contributed by atoms with E-state index in [0.29, 0.717) is 12.5 Å². The number of ether oxygens (including phenoxy) is 1. The van der Waals surface area contributed by atoms with Crippen LogP contribution < -0.4 is 0 Å². The third-order valence-corrected chi connectivity index (χ3v) is 8.87. The van der Waals surface area contributed by atoms with E-state index < -0.39 is 0 Å². The summed E-state index contributed by atoms with van der Waals surface area (Å²) in [5.74, 6) is 0.453. The van der Waals surface area contributed by atoms with E-state index in [4.69, 9.17) is 4.74 Å². The molecular weight excluding hydrogens is 532 g/mol. The van der Waals surface area contributed by atoms with Gasteiger partial charge in [0.25, 0.3) is 0 Å². The van der Waals surface area contributed by atoms with Gasteiger partial charge in [0.1, 0.15) is 11.5 Å². The van der Waals surface area contributed by atoms with Crippen molar-refractivity contribution < 1.29 is 19.7 Å². The highest BCUT2D eigenvalue weighted by atomic mass is 16.5. The molecule has 2 aromatic carbocycles. The fourth-order valence-electron chi connectivity index (χ4n) is 6.08. The number of aromatic hydroxyl groups is 2. The van der Waals surface area contributed by atoms with Gasteiger partial charge >= 0.3 is 5.97 Å². The Morgan fingerprint density at radius 1 is 0.558 bits per heavy atom. The van der Waals surface area contributed by atoms with Crippen molar-refractivity contribution in [2.75, 3.05) is 6.61 Å². The average molecular weight is 595 g/mol. The van der Waals surface area contributed by atoms with Crippen molar-refractivity contribution in [2.24, 2.45) is 5.92 Å². The van der Waals surface area contributed by atoms with E-state index >= 15 is 0 Å². The minimum atomic E-state index is -0.193. The van der Waals surface area contributed by atoms with Crippen LogP contribution >= 0.6 is 0 Å². The summed E-state index contributed by atoms with van der Waals surface area (Å²) in [6.45, 7) is 5.04. The molecule has 0 amide bonds. The number of hydrogen-bond acceptors (Lipinski definition) is 4. The minimum absolute atomic E-state index is 0.185. The van der Waals surface area contributed by atoms with E-state index in [1.165, 1.54) is 116 Å². The number of carbonyl (C=O) groups is 1. The third kappa shape index (κ3) is 17.4. The molecule has 2 N–H and O–H groups in total. The van der Waals surface area contributed by atoms with Crippen LogP contribution in [-0.4, -0.2) is 22.8 Å². The van der Waals surface area contributed by atoms with Crippen molar-refractivity contribution in [1.82, 2.24) is 0 Å². The van der Waals surface area contributed by atoms with Crippen LogP contribution in [0.25, 0.3) is 0 Å². The monoisotopic (exact) mass is 594 g/mol. The first kappa shape index (κ1) is 36.7. The maximum Gasteiger partial charge on any atom is 0.306 e. The molecule has 0 fully saturated rings. The van der Waals surface area contributed by atoms with Crippen LogP contribution in [-0.2, 0) is 9.53 Å². The Hall–Kier alpha value is -2.49. The van der Waals surface area contributed by atoms with E-state index in [1.54, 1.807) is 24.3 Å². The minimum Gasteiger partial charge on any atom is -0.508 e. The SMILES string of the molecule is CCCCCCCCCCCCC(CCCCCCCCCC)COC(=O)CC(c1ccc(O)cc1)c1ccc(O)cc1. The van der Waals surface area contributed by atoms with Gasteiger partial charge in [-0.25, -0.2) is 0 Å². The lowest BCUT2D eigenvalue weighted by atomic mass is 9.88. The number of esters is 1. The summed E-state index contributed by atoms with van der Waals surface area (Å²) in [6, 6.07) is 14.0. The Balaban J connectivity index is 1.84. The van der Waals surface area contributed by atoms with E-state index in [9.17, 15) is 15.0 Å². The predicted octanol–water partition coefficient (Wildman–Crippen LogP) is 11.6. The summed E-state index contributed by atoms with van der Waals surface area (Å²) < 4.78 is 5.95. The molecule has 242 valence electrons. The third-order valence-electron chi connectivity index (χ3n) is 8.87. The molecule has 0 aliphatic rings. The van der Waals surface area contributed by atoms with Gasteiger partial charge in [-0.1, -0.05) is 154 Å². The topological polar surface area (TPSA) is 66.8 Å². The zero-order chi connectivity index (χ0) is 31.0. The molecule has 4 heteroatoms. The van der Waals surface area contributed by atoms with Crippen molar-refractivity contribution in [1.29, 1.82) is 0 Å². The molecule has 0 aliphatic carbocycles. The second kappa shape index (κ2) is 23.9. The first-order valence-electron chi connectivity index (χ1n) is 17.8. The molecule has 0 bridgehead atoms. The number of phenols is 2. The highest BCUT2D eigenvalue weighted by Gasteiger charge is 2.21. The predicted molar refractivity (Wildman–Crippen MR) is 181 cm³/mol. The Kier molecular flexibility index (Phi) is 20.4. The summed E-state index contributed by atoms with van der Waals surface area (Å²) in [5.41, 5.74) is 1.89. The van der Waals surface area contributed by atoms with Crippen LogP contribution in [0.2, 0.25) is 0 Å². The Labute approximate surface area is 263 Å². The van der Waals surface area contributed by atoms with Crippen molar-refractivity contribution in [3.63, 3.8) is 0 Å². The first-order valence-corrected chi connectivity index (χ1v) is 17.8. The molecule has 0 radical (unpaired) electrons. The molecular formula is C39H62O4. The maximum atomic E-state index is 13.2.